The van der Waals surface area contributed by atoms with E-state index in [2.05, 4.69) is 54.5 Å². The first-order valence-electron chi connectivity index (χ1n) is 12.0. The topological polar surface area (TPSA) is 140 Å². The van der Waals surface area contributed by atoms with E-state index in [1.54, 1.807) is 16.8 Å². The Morgan fingerprint density at radius 3 is 2.74 bits per heavy atom. The molecular formula is C24H27N9O2. The largest absolute Gasteiger partial charge is 0.493 e. The first-order valence-corrected chi connectivity index (χ1v) is 12.0. The number of aromatic amines is 2. The summed E-state index contributed by atoms with van der Waals surface area (Å²) in [6.07, 6.45) is 9.05. The highest BCUT2D eigenvalue weighted by molar-refractivity contribution is 5.58. The average molecular weight is 474 g/mol. The predicted molar refractivity (Wildman–Crippen MR) is 131 cm³/mol. The van der Waals surface area contributed by atoms with Crippen LogP contribution in [0.2, 0.25) is 0 Å². The van der Waals surface area contributed by atoms with Gasteiger partial charge in [0.1, 0.15) is 5.69 Å². The van der Waals surface area contributed by atoms with Crippen molar-refractivity contribution in [2.24, 2.45) is 4.99 Å². The maximum absolute atomic E-state index is 11.5. The van der Waals surface area contributed by atoms with E-state index in [1.807, 2.05) is 0 Å². The van der Waals surface area contributed by atoms with Crippen LogP contribution < -0.4 is 26.7 Å². The highest BCUT2D eigenvalue weighted by atomic mass is 16.3. The van der Waals surface area contributed by atoms with Gasteiger partial charge in [0.25, 0.3) is 5.62 Å². The third-order valence-electron chi connectivity index (χ3n) is 6.38. The van der Waals surface area contributed by atoms with Crippen molar-refractivity contribution in [3.8, 4) is 5.88 Å². The Morgan fingerprint density at radius 2 is 1.97 bits per heavy atom. The van der Waals surface area contributed by atoms with Crippen molar-refractivity contribution in [2.45, 2.75) is 44.7 Å². The van der Waals surface area contributed by atoms with E-state index in [1.165, 1.54) is 30.5 Å². The molecular weight excluding hydrogens is 446 g/mol. The summed E-state index contributed by atoms with van der Waals surface area (Å²) in [6.45, 7) is 2.73. The van der Waals surface area contributed by atoms with Crippen LogP contribution in [0.5, 0.6) is 5.88 Å². The van der Waals surface area contributed by atoms with Gasteiger partial charge in [0, 0.05) is 30.5 Å². The number of hydrogen-bond acceptors (Lipinski definition) is 8. The van der Waals surface area contributed by atoms with Gasteiger partial charge in [-0.3, -0.25) is 4.98 Å². The van der Waals surface area contributed by atoms with E-state index >= 15 is 0 Å². The summed E-state index contributed by atoms with van der Waals surface area (Å²) >= 11 is 0. The summed E-state index contributed by atoms with van der Waals surface area (Å²) in [5.74, 6) is 0.214. The highest BCUT2D eigenvalue weighted by Gasteiger charge is 2.21. The number of H-pyrrole nitrogens is 2. The Morgan fingerprint density at radius 1 is 1.14 bits per heavy atom. The monoisotopic (exact) mass is 473 g/mol. The van der Waals surface area contributed by atoms with Gasteiger partial charge in [-0.2, -0.15) is 19.6 Å². The molecule has 0 unspecified atom stereocenters. The number of anilines is 2. The number of imidazole rings is 1. The van der Waals surface area contributed by atoms with Crippen LogP contribution in [-0.2, 0) is 6.54 Å². The molecule has 3 aromatic heterocycles. The van der Waals surface area contributed by atoms with Gasteiger partial charge >= 0.3 is 5.69 Å². The molecule has 4 aromatic rings. The minimum atomic E-state index is -0.487. The molecule has 2 aliphatic rings. The molecule has 0 amide bonds. The van der Waals surface area contributed by atoms with Gasteiger partial charge in [0.15, 0.2) is 5.65 Å². The lowest BCUT2D eigenvalue weighted by Gasteiger charge is -2.30. The highest BCUT2D eigenvalue weighted by Crippen LogP contribution is 2.25. The van der Waals surface area contributed by atoms with Gasteiger partial charge in [-0.1, -0.05) is 18.2 Å². The lowest BCUT2D eigenvalue weighted by Crippen LogP contribution is -2.30. The van der Waals surface area contributed by atoms with E-state index in [-0.39, 0.29) is 17.6 Å². The number of nitrogens with one attached hydrogen (secondary N) is 3. The van der Waals surface area contributed by atoms with Crippen molar-refractivity contribution >= 4 is 23.4 Å². The molecule has 0 radical (unpaired) electrons. The molecule has 4 heterocycles. The number of para-hydroxylation sites is 1. The Bertz CT molecular complexity index is 1540. The maximum Gasteiger partial charge on any atom is 0.326 e. The molecule has 0 spiro atoms. The molecule has 180 valence electrons. The van der Waals surface area contributed by atoms with Gasteiger partial charge in [0.2, 0.25) is 11.8 Å². The number of piperidine rings is 1. The van der Waals surface area contributed by atoms with Crippen LogP contribution in [0.25, 0.3) is 11.7 Å². The zero-order chi connectivity index (χ0) is 23.8. The second-order valence-corrected chi connectivity index (χ2v) is 9.06. The van der Waals surface area contributed by atoms with E-state index in [9.17, 15) is 9.90 Å². The zero-order valence-corrected chi connectivity index (χ0v) is 19.2. The lowest BCUT2D eigenvalue weighted by molar-refractivity contribution is 0.454. The number of fused-ring (bicyclic) bond motifs is 1. The van der Waals surface area contributed by atoms with Crippen molar-refractivity contribution in [3.63, 3.8) is 0 Å². The van der Waals surface area contributed by atoms with Gasteiger partial charge in [-0.25, -0.2) is 9.79 Å². The fourth-order valence-corrected chi connectivity index (χ4v) is 4.44. The molecule has 35 heavy (non-hydrogen) atoms. The van der Waals surface area contributed by atoms with Crippen molar-refractivity contribution in [1.82, 2.24) is 29.5 Å². The second-order valence-electron chi connectivity index (χ2n) is 9.06. The van der Waals surface area contributed by atoms with Crippen LogP contribution in [0.15, 0.2) is 40.2 Å². The van der Waals surface area contributed by atoms with Crippen molar-refractivity contribution in [3.05, 3.63) is 63.0 Å². The molecule has 11 nitrogen and oxygen atoms in total. The fraction of sp³-hybridized carbons (Fsp3) is 0.375. The lowest BCUT2D eigenvalue weighted by atomic mass is 10.1. The van der Waals surface area contributed by atoms with Crippen molar-refractivity contribution in [2.75, 3.05) is 23.3 Å². The molecule has 1 saturated heterocycles. The molecule has 1 saturated carbocycles. The average Bonchev–Trinajstić information content (AvgIpc) is 3.51. The standard InChI is InChI=1S/C24H27N9O2/c34-21-18(28-24(35)30-21)12-16-14-26-33-20(16)29-22(31-23(33)27-17-8-9-17)25-13-15-6-2-3-7-19(15)32-10-4-1-5-11-32/h2-3,6-7,12,14,17,34H,1,4-5,8-11,13H2,(H,25,27,31)(H2,28,30,35). The van der Waals surface area contributed by atoms with E-state index in [0.717, 1.165) is 25.9 Å². The van der Waals surface area contributed by atoms with Crippen LogP contribution >= 0.6 is 0 Å². The maximum atomic E-state index is 11.5. The van der Waals surface area contributed by atoms with Gasteiger partial charge in [-0.05, 0) is 49.8 Å². The summed E-state index contributed by atoms with van der Waals surface area (Å²) in [7, 11) is 0. The summed E-state index contributed by atoms with van der Waals surface area (Å²) in [4.78, 5) is 32.9. The van der Waals surface area contributed by atoms with Gasteiger partial charge in [-0.15, -0.1) is 0 Å². The second kappa shape index (κ2) is 8.90. The van der Waals surface area contributed by atoms with Crippen LogP contribution in [-0.4, -0.2) is 53.8 Å². The van der Waals surface area contributed by atoms with Crippen molar-refractivity contribution < 1.29 is 5.11 Å². The molecule has 0 atom stereocenters. The van der Waals surface area contributed by atoms with Crippen molar-refractivity contribution in [1.29, 1.82) is 0 Å². The molecule has 1 aliphatic heterocycles. The molecule has 4 N–H and O–H groups in total. The smallest absolute Gasteiger partial charge is 0.326 e. The zero-order valence-electron chi connectivity index (χ0n) is 19.2. The Hall–Kier alpha value is -4.15. The molecule has 6 rings (SSSR count). The third-order valence-corrected chi connectivity index (χ3v) is 6.38. The Labute approximate surface area is 200 Å². The molecule has 1 aromatic carbocycles. The van der Waals surface area contributed by atoms with Crippen LogP contribution in [0.4, 0.5) is 11.6 Å². The number of hydrogen-bond donors (Lipinski definition) is 4. The quantitative estimate of drug-likeness (QED) is 0.328. The fourth-order valence-electron chi connectivity index (χ4n) is 4.44. The van der Waals surface area contributed by atoms with Crippen LogP contribution in [0.3, 0.4) is 0 Å². The molecule has 11 heteroatoms. The summed E-state index contributed by atoms with van der Waals surface area (Å²) in [5, 5.41) is 18.4. The van der Waals surface area contributed by atoms with Gasteiger partial charge in [0.05, 0.1) is 12.2 Å². The first-order chi connectivity index (χ1) is 17.1. The molecule has 0 bridgehead atoms. The SMILES string of the molecule is O=c1[nH]c(O)c(C=c2cnn3c(=NC4CC4)nc(NCc4ccccc4N4CCCCC4)nc23)[nH]1. The normalized spacial score (nSPS) is 17.4. The summed E-state index contributed by atoms with van der Waals surface area (Å²) < 4.78 is 1.60. The van der Waals surface area contributed by atoms with Crippen LogP contribution in [0, 0.1) is 0 Å². The number of benzene rings is 1. The number of rotatable bonds is 6. The van der Waals surface area contributed by atoms with E-state index in [4.69, 9.17) is 9.98 Å². The Balaban J connectivity index is 1.37. The van der Waals surface area contributed by atoms with Crippen LogP contribution in [0.1, 0.15) is 43.4 Å². The summed E-state index contributed by atoms with van der Waals surface area (Å²) in [5.41, 5.74) is 3.22. The summed E-state index contributed by atoms with van der Waals surface area (Å²) in [6, 6.07) is 8.69. The van der Waals surface area contributed by atoms with E-state index in [0.29, 0.717) is 29.0 Å². The molecule has 1 aliphatic carbocycles. The molecule has 2 fully saturated rings. The number of nitrogens with zero attached hydrogens (tertiary/aromatic N) is 6. The minimum Gasteiger partial charge on any atom is -0.493 e. The number of aromatic nitrogens is 6. The van der Waals surface area contributed by atoms with E-state index < -0.39 is 5.69 Å². The third kappa shape index (κ3) is 4.48. The predicted octanol–water partition coefficient (Wildman–Crippen LogP) is 1.06. The first kappa shape index (κ1) is 21.4. The number of aromatic hydroxyl groups is 1. The Kier molecular flexibility index (Phi) is 5.44. The van der Waals surface area contributed by atoms with Gasteiger partial charge < -0.3 is 20.3 Å². The minimum absolute atomic E-state index is 0.237.